The van der Waals surface area contributed by atoms with Crippen molar-refractivity contribution in [3.05, 3.63) is 36.3 Å². The zero-order chi connectivity index (χ0) is 19.8. The van der Waals surface area contributed by atoms with Crippen LogP contribution < -0.4 is 10.6 Å². The van der Waals surface area contributed by atoms with Crippen LogP contribution in [-0.2, 0) is 12.7 Å². The van der Waals surface area contributed by atoms with E-state index in [1.165, 1.54) is 7.05 Å². The van der Waals surface area contributed by atoms with Crippen molar-refractivity contribution in [2.45, 2.75) is 33.5 Å². The second-order valence-electron chi connectivity index (χ2n) is 7.43. The van der Waals surface area contributed by atoms with E-state index >= 15 is 0 Å². The van der Waals surface area contributed by atoms with E-state index < -0.39 is 11.7 Å². The highest BCUT2D eigenvalue weighted by atomic mass is 19.4. The maximum absolute atomic E-state index is 13.0. The van der Waals surface area contributed by atoms with Gasteiger partial charge in [0.2, 0.25) is 5.95 Å². The van der Waals surface area contributed by atoms with Gasteiger partial charge in [0.1, 0.15) is 17.0 Å². The van der Waals surface area contributed by atoms with Crippen molar-refractivity contribution in [3.63, 3.8) is 0 Å². The fourth-order valence-electron chi connectivity index (χ4n) is 2.81. The summed E-state index contributed by atoms with van der Waals surface area (Å²) in [5, 5.41) is 6.33. The lowest BCUT2D eigenvalue weighted by atomic mass is 9.97. The van der Waals surface area contributed by atoms with Gasteiger partial charge in [-0.1, -0.05) is 20.8 Å². The summed E-state index contributed by atoms with van der Waals surface area (Å²) in [5.41, 5.74) is 0.595. The van der Waals surface area contributed by atoms with Gasteiger partial charge in [0, 0.05) is 37.6 Å². The first-order valence-corrected chi connectivity index (χ1v) is 8.41. The molecule has 3 rings (SSSR count). The SMILES string of the molecule is CNc1nc(Nc2cn(CC(C)(C)C)c3ncccc23)ncc1C(F)(F)F. The van der Waals surface area contributed by atoms with Gasteiger partial charge in [0.25, 0.3) is 0 Å². The maximum atomic E-state index is 13.0. The second kappa shape index (κ2) is 6.71. The Bertz CT molecular complexity index is 956. The fraction of sp³-hybridized carbons (Fsp3) is 0.389. The molecule has 0 aliphatic heterocycles. The molecule has 0 amide bonds. The Balaban J connectivity index is 2.00. The smallest absolute Gasteiger partial charge is 0.372 e. The maximum Gasteiger partial charge on any atom is 0.421 e. The van der Waals surface area contributed by atoms with Crippen molar-refractivity contribution < 1.29 is 13.2 Å². The molecule has 2 N–H and O–H groups in total. The summed E-state index contributed by atoms with van der Waals surface area (Å²) in [5.74, 6) is -0.206. The number of rotatable bonds is 4. The minimum atomic E-state index is -4.52. The number of aromatic nitrogens is 4. The number of fused-ring (bicyclic) bond motifs is 1. The monoisotopic (exact) mass is 378 g/mol. The highest BCUT2D eigenvalue weighted by Gasteiger charge is 2.35. The Morgan fingerprint density at radius 3 is 2.52 bits per heavy atom. The zero-order valence-corrected chi connectivity index (χ0v) is 15.5. The summed E-state index contributed by atoms with van der Waals surface area (Å²) in [6.07, 6.45) is -0.167. The number of pyridine rings is 1. The van der Waals surface area contributed by atoms with Gasteiger partial charge in [0.05, 0.1) is 5.69 Å². The lowest BCUT2D eigenvalue weighted by Gasteiger charge is -2.19. The van der Waals surface area contributed by atoms with Gasteiger partial charge in [-0.25, -0.2) is 9.97 Å². The zero-order valence-electron chi connectivity index (χ0n) is 15.5. The lowest BCUT2D eigenvalue weighted by Crippen LogP contribution is -2.15. The first-order valence-electron chi connectivity index (χ1n) is 8.41. The number of hydrogen-bond donors (Lipinski definition) is 2. The van der Waals surface area contributed by atoms with E-state index in [9.17, 15) is 13.2 Å². The molecule has 0 aliphatic carbocycles. The van der Waals surface area contributed by atoms with Crippen molar-refractivity contribution >= 4 is 28.5 Å². The van der Waals surface area contributed by atoms with Gasteiger partial charge in [-0.15, -0.1) is 0 Å². The number of halogens is 3. The molecule has 9 heteroatoms. The van der Waals surface area contributed by atoms with E-state index in [0.29, 0.717) is 5.69 Å². The van der Waals surface area contributed by atoms with E-state index in [1.54, 1.807) is 6.20 Å². The Hall–Kier alpha value is -2.84. The molecule has 27 heavy (non-hydrogen) atoms. The summed E-state index contributed by atoms with van der Waals surface area (Å²) in [6, 6.07) is 3.70. The highest BCUT2D eigenvalue weighted by Crippen LogP contribution is 2.34. The molecular formula is C18H21F3N6. The van der Waals surface area contributed by atoms with Gasteiger partial charge in [-0.3, -0.25) is 0 Å². The molecule has 0 fully saturated rings. The van der Waals surface area contributed by atoms with Crippen LogP contribution in [0.5, 0.6) is 0 Å². The molecule has 0 atom stereocenters. The van der Waals surface area contributed by atoms with Gasteiger partial charge >= 0.3 is 6.18 Å². The van der Waals surface area contributed by atoms with Crippen LogP contribution in [0, 0.1) is 5.41 Å². The van der Waals surface area contributed by atoms with E-state index in [0.717, 1.165) is 23.8 Å². The summed E-state index contributed by atoms with van der Waals surface area (Å²) in [7, 11) is 1.39. The van der Waals surface area contributed by atoms with Crippen LogP contribution in [0.3, 0.4) is 0 Å². The van der Waals surface area contributed by atoms with Crippen molar-refractivity contribution in [3.8, 4) is 0 Å². The quantitative estimate of drug-likeness (QED) is 0.690. The van der Waals surface area contributed by atoms with E-state index in [4.69, 9.17) is 0 Å². The van der Waals surface area contributed by atoms with Gasteiger partial charge in [0.15, 0.2) is 0 Å². The number of anilines is 3. The van der Waals surface area contributed by atoms with Crippen LogP contribution in [0.2, 0.25) is 0 Å². The van der Waals surface area contributed by atoms with Gasteiger partial charge in [-0.2, -0.15) is 18.2 Å². The molecule has 0 bridgehead atoms. The minimum Gasteiger partial charge on any atom is -0.372 e. The van der Waals surface area contributed by atoms with Crippen LogP contribution in [-0.4, -0.2) is 26.6 Å². The predicted molar refractivity (Wildman–Crippen MR) is 99.1 cm³/mol. The molecule has 3 aromatic heterocycles. The second-order valence-corrected chi connectivity index (χ2v) is 7.43. The fourth-order valence-corrected chi connectivity index (χ4v) is 2.81. The molecule has 0 saturated heterocycles. The van der Waals surface area contributed by atoms with Crippen molar-refractivity contribution in [1.82, 2.24) is 19.5 Å². The molecule has 6 nitrogen and oxygen atoms in total. The molecule has 0 unspecified atom stereocenters. The molecule has 0 radical (unpaired) electrons. The van der Waals surface area contributed by atoms with Crippen molar-refractivity contribution in [1.29, 1.82) is 0 Å². The third-order valence-corrected chi connectivity index (χ3v) is 3.86. The summed E-state index contributed by atoms with van der Waals surface area (Å²) < 4.78 is 41.0. The number of nitrogens with zero attached hydrogens (tertiary/aromatic N) is 4. The molecule has 144 valence electrons. The van der Waals surface area contributed by atoms with Gasteiger partial charge in [-0.05, 0) is 17.5 Å². The molecule has 3 aromatic rings. The Morgan fingerprint density at radius 1 is 1.15 bits per heavy atom. The third-order valence-electron chi connectivity index (χ3n) is 3.86. The third kappa shape index (κ3) is 4.12. The van der Waals surface area contributed by atoms with Crippen LogP contribution in [0.15, 0.2) is 30.7 Å². The Labute approximate surface area is 154 Å². The van der Waals surface area contributed by atoms with E-state index in [1.807, 2.05) is 22.9 Å². The van der Waals surface area contributed by atoms with Crippen molar-refractivity contribution in [2.75, 3.05) is 17.7 Å². The Morgan fingerprint density at radius 2 is 1.89 bits per heavy atom. The van der Waals surface area contributed by atoms with Crippen molar-refractivity contribution in [2.24, 2.45) is 5.41 Å². The first kappa shape index (κ1) is 18.9. The standard InChI is InChI=1S/C18H21F3N6/c1-17(2,3)10-27-9-13(11-6-5-7-23-15(11)27)25-16-24-8-12(18(19,20)21)14(22-4)26-16/h5-9H,10H2,1-4H3,(H2,22,24,25,26). The molecule has 0 aromatic carbocycles. The molecular weight excluding hydrogens is 357 g/mol. The summed E-state index contributed by atoms with van der Waals surface area (Å²) in [6.45, 7) is 7.09. The van der Waals surface area contributed by atoms with E-state index in [-0.39, 0.29) is 17.2 Å². The minimum absolute atomic E-state index is 0.0326. The van der Waals surface area contributed by atoms with Crippen LogP contribution >= 0.6 is 0 Å². The average Bonchev–Trinajstić information content (AvgIpc) is 2.90. The topological polar surface area (TPSA) is 67.7 Å². The van der Waals surface area contributed by atoms with E-state index in [2.05, 4.69) is 46.4 Å². The molecule has 0 aliphatic rings. The lowest BCUT2D eigenvalue weighted by molar-refractivity contribution is -0.137. The van der Waals surface area contributed by atoms with Gasteiger partial charge < -0.3 is 15.2 Å². The normalized spacial score (nSPS) is 12.4. The van der Waals surface area contributed by atoms with Crippen LogP contribution in [0.1, 0.15) is 26.3 Å². The number of nitrogens with one attached hydrogen (secondary N) is 2. The number of hydrogen-bond acceptors (Lipinski definition) is 5. The predicted octanol–water partition coefficient (Wildman–Crippen LogP) is 4.68. The molecule has 0 spiro atoms. The molecule has 3 heterocycles. The van der Waals surface area contributed by atoms with Crippen LogP contribution in [0.25, 0.3) is 11.0 Å². The summed E-state index contributed by atoms with van der Waals surface area (Å²) >= 11 is 0. The Kier molecular flexibility index (Phi) is 4.71. The summed E-state index contributed by atoms with van der Waals surface area (Å²) in [4.78, 5) is 12.2. The first-order chi connectivity index (χ1) is 12.6. The number of alkyl halides is 3. The van der Waals surface area contributed by atoms with Crippen LogP contribution in [0.4, 0.5) is 30.6 Å². The highest BCUT2D eigenvalue weighted by molar-refractivity contribution is 5.91. The largest absolute Gasteiger partial charge is 0.421 e. The molecule has 0 saturated carbocycles. The average molecular weight is 378 g/mol.